The van der Waals surface area contributed by atoms with Crippen molar-refractivity contribution in [3.63, 3.8) is 0 Å². The zero-order valence-electron chi connectivity index (χ0n) is 14.9. The third kappa shape index (κ3) is 7.91. The van der Waals surface area contributed by atoms with Gasteiger partial charge in [-0.1, -0.05) is 40.0 Å². The Labute approximate surface area is 136 Å². The fourth-order valence-corrected chi connectivity index (χ4v) is 2.56. The van der Waals surface area contributed by atoms with E-state index >= 15 is 0 Å². The van der Waals surface area contributed by atoms with Gasteiger partial charge in [0.2, 0.25) is 0 Å². The van der Waals surface area contributed by atoms with Crippen LogP contribution in [0.2, 0.25) is 0 Å². The lowest BCUT2D eigenvalue weighted by Crippen LogP contribution is -2.43. The Morgan fingerprint density at radius 3 is 1.91 bits per heavy atom. The lowest BCUT2D eigenvalue weighted by atomic mass is 10.1. The van der Waals surface area contributed by atoms with Crippen LogP contribution < -0.4 is 0 Å². The Balaban J connectivity index is 2.58. The largest absolute Gasteiger partial charge is 0.379 e. The van der Waals surface area contributed by atoms with Crippen molar-refractivity contribution in [2.45, 2.75) is 84.0 Å². The molecule has 1 aliphatic rings. The molecule has 0 saturated carbocycles. The number of rotatable bonds is 12. The van der Waals surface area contributed by atoms with Crippen molar-refractivity contribution >= 4 is 0 Å². The van der Waals surface area contributed by atoms with Gasteiger partial charge in [-0.15, -0.1) is 0 Å². The molecule has 4 nitrogen and oxygen atoms in total. The molecule has 0 aliphatic carbocycles. The first kappa shape index (κ1) is 19.9. The molecule has 132 valence electrons. The second kappa shape index (κ2) is 13.3. The summed E-state index contributed by atoms with van der Waals surface area (Å²) in [6.07, 6.45) is 7.70. The summed E-state index contributed by atoms with van der Waals surface area (Å²) in [7, 11) is 0. The van der Waals surface area contributed by atoms with Gasteiger partial charge in [-0.05, 0) is 25.7 Å². The normalized spacial score (nSPS) is 26.0. The lowest BCUT2D eigenvalue weighted by molar-refractivity contribution is -0.140. The number of unbranched alkanes of at least 4 members (excludes halogenated alkanes) is 3. The first-order valence-corrected chi connectivity index (χ1v) is 9.25. The second-order valence-corrected chi connectivity index (χ2v) is 6.08. The highest BCUT2D eigenvalue weighted by Gasteiger charge is 2.34. The van der Waals surface area contributed by atoms with Gasteiger partial charge in [0.25, 0.3) is 0 Å². The van der Waals surface area contributed by atoms with Gasteiger partial charge in [0.1, 0.15) is 12.2 Å². The highest BCUT2D eigenvalue weighted by atomic mass is 16.6. The molecule has 0 bridgehead atoms. The standard InChI is InChI=1S/C18H36O4/c1-4-7-11-20-16-10-14-19-15-17(21-12-8-5-2)18(16)22-13-9-6-3/h16-18H,4-15H2,1-3H3/t16-,17?,18?/m1/s1. The van der Waals surface area contributed by atoms with Crippen LogP contribution in [0.4, 0.5) is 0 Å². The third-order valence-corrected chi connectivity index (χ3v) is 4.03. The minimum Gasteiger partial charge on any atom is -0.379 e. The molecule has 2 unspecified atom stereocenters. The summed E-state index contributed by atoms with van der Waals surface area (Å²) in [5.74, 6) is 0. The molecule has 0 aromatic heterocycles. The topological polar surface area (TPSA) is 36.9 Å². The van der Waals surface area contributed by atoms with E-state index in [0.717, 1.165) is 71.4 Å². The van der Waals surface area contributed by atoms with Gasteiger partial charge in [0.15, 0.2) is 0 Å². The summed E-state index contributed by atoms with van der Waals surface area (Å²) in [6.45, 7) is 10.3. The number of ether oxygens (including phenoxy) is 4. The molecular formula is C18H36O4. The van der Waals surface area contributed by atoms with Crippen molar-refractivity contribution in [2.75, 3.05) is 33.0 Å². The Kier molecular flexibility index (Phi) is 12.0. The van der Waals surface area contributed by atoms with E-state index in [2.05, 4.69) is 20.8 Å². The van der Waals surface area contributed by atoms with Crippen LogP contribution in [0.1, 0.15) is 65.7 Å². The van der Waals surface area contributed by atoms with E-state index in [-0.39, 0.29) is 18.3 Å². The van der Waals surface area contributed by atoms with Crippen molar-refractivity contribution in [1.82, 2.24) is 0 Å². The Morgan fingerprint density at radius 1 is 0.773 bits per heavy atom. The molecule has 0 aromatic carbocycles. The monoisotopic (exact) mass is 316 g/mol. The fourth-order valence-electron chi connectivity index (χ4n) is 2.56. The van der Waals surface area contributed by atoms with E-state index < -0.39 is 0 Å². The molecule has 1 aliphatic heterocycles. The zero-order chi connectivity index (χ0) is 16.0. The lowest BCUT2D eigenvalue weighted by Gasteiger charge is -2.31. The molecule has 1 rings (SSSR count). The Morgan fingerprint density at radius 2 is 1.32 bits per heavy atom. The first-order valence-electron chi connectivity index (χ1n) is 9.25. The summed E-state index contributed by atoms with van der Waals surface area (Å²) < 4.78 is 24.0. The average molecular weight is 316 g/mol. The van der Waals surface area contributed by atoms with Crippen molar-refractivity contribution in [1.29, 1.82) is 0 Å². The van der Waals surface area contributed by atoms with Crippen LogP contribution in [-0.2, 0) is 18.9 Å². The van der Waals surface area contributed by atoms with Crippen molar-refractivity contribution < 1.29 is 18.9 Å². The van der Waals surface area contributed by atoms with Crippen LogP contribution in [-0.4, -0.2) is 51.3 Å². The molecule has 22 heavy (non-hydrogen) atoms. The van der Waals surface area contributed by atoms with Crippen molar-refractivity contribution in [2.24, 2.45) is 0 Å². The smallest absolute Gasteiger partial charge is 0.112 e. The van der Waals surface area contributed by atoms with E-state index in [1.165, 1.54) is 0 Å². The van der Waals surface area contributed by atoms with E-state index in [4.69, 9.17) is 18.9 Å². The zero-order valence-corrected chi connectivity index (χ0v) is 14.9. The van der Waals surface area contributed by atoms with Gasteiger partial charge in [0.05, 0.1) is 12.7 Å². The van der Waals surface area contributed by atoms with Crippen LogP contribution >= 0.6 is 0 Å². The van der Waals surface area contributed by atoms with Crippen LogP contribution in [0.15, 0.2) is 0 Å². The summed E-state index contributed by atoms with van der Waals surface area (Å²) in [5, 5.41) is 0. The quantitative estimate of drug-likeness (QED) is 0.511. The van der Waals surface area contributed by atoms with E-state index in [1.807, 2.05) is 0 Å². The minimum atomic E-state index is -0.00228. The van der Waals surface area contributed by atoms with Gasteiger partial charge in [-0.2, -0.15) is 0 Å². The predicted octanol–water partition coefficient (Wildman–Crippen LogP) is 3.96. The van der Waals surface area contributed by atoms with Crippen molar-refractivity contribution in [3.05, 3.63) is 0 Å². The summed E-state index contributed by atoms with van der Waals surface area (Å²) >= 11 is 0. The molecule has 0 aromatic rings. The molecule has 0 amide bonds. The van der Waals surface area contributed by atoms with Gasteiger partial charge in [-0.3, -0.25) is 0 Å². The summed E-state index contributed by atoms with van der Waals surface area (Å²) in [4.78, 5) is 0. The molecule has 0 N–H and O–H groups in total. The highest BCUT2D eigenvalue weighted by Crippen LogP contribution is 2.21. The Bertz CT molecular complexity index is 227. The maximum absolute atomic E-state index is 6.16. The van der Waals surface area contributed by atoms with Crippen LogP contribution in [0, 0.1) is 0 Å². The molecule has 4 heteroatoms. The van der Waals surface area contributed by atoms with E-state index in [0.29, 0.717) is 6.61 Å². The fraction of sp³-hybridized carbons (Fsp3) is 1.00. The molecule has 0 spiro atoms. The van der Waals surface area contributed by atoms with E-state index in [1.54, 1.807) is 0 Å². The van der Waals surface area contributed by atoms with Crippen LogP contribution in [0.5, 0.6) is 0 Å². The molecular weight excluding hydrogens is 280 g/mol. The highest BCUT2D eigenvalue weighted by molar-refractivity contribution is 4.82. The van der Waals surface area contributed by atoms with Crippen LogP contribution in [0.3, 0.4) is 0 Å². The number of hydrogen-bond acceptors (Lipinski definition) is 4. The summed E-state index contributed by atoms with van der Waals surface area (Å²) in [6, 6.07) is 0. The second-order valence-electron chi connectivity index (χ2n) is 6.08. The van der Waals surface area contributed by atoms with Crippen molar-refractivity contribution in [3.8, 4) is 0 Å². The third-order valence-electron chi connectivity index (χ3n) is 4.03. The van der Waals surface area contributed by atoms with Gasteiger partial charge >= 0.3 is 0 Å². The minimum absolute atomic E-state index is 0.00228. The number of hydrogen-bond donors (Lipinski definition) is 0. The molecule has 1 fully saturated rings. The first-order chi connectivity index (χ1) is 10.8. The maximum atomic E-state index is 6.16. The summed E-state index contributed by atoms with van der Waals surface area (Å²) in [5.41, 5.74) is 0. The predicted molar refractivity (Wildman–Crippen MR) is 89.4 cm³/mol. The maximum Gasteiger partial charge on any atom is 0.112 e. The Hall–Kier alpha value is -0.160. The van der Waals surface area contributed by atoms with Gasteiger partial charge in [-0.25, -0.2) is 0 Å². The van der Waals surface area contributed by atoms with Gasteiger partial charge in [0, 0.05) is 26.4 Å². The molecule has 1 saturated heterocycles. The average Bonchev–Trinajstić information content (AvgIpc) is 2.71. The van der Waals surface area contributed by atoms with Crippen LogP contribution in [0.25, 0.3) is 0 Å². The van der Waals surface area contributed by atoms with E-state index in [9.17, 15) is 0 Å². The molecule has 3 atom stereocenters. The van der Waals surface area contributed by atoms with Gasteiger partial charge < -0.3 is 18.9 Å². The molecule has 1 heterocycles. The SMILES string of the molecule is CCCCOC1COCC[C@@H](OCCCC)C1OCCCC. The molecule has 0 radical (unpaired) electrons.